The monoisotopic (exact) mass is 278 g/mol. The van der Waals surface area contributed by atoms with E-state index in [1.807, 2.05) is 0 Å². The highest BCUT2D eigenvalue weighted by Crippen LogP contribution is 2.31. The molecule has 106 valence electrons. The molecule has 0 aliphatic rings. The third kappa shape index (κ3) is 4.20. The van der Waals surface area contributed by atoms with Crippen molar-refractivity contribution in [1.82, 2.24) is 5.32 Å². The highest BCUT2D eigenvalue weighted by atomic mass is 19.4. The maximum Gasteiger partial charge on any atom is 0.416 e. The molecule has 1 atom stereocenters. The smallest absolute Gasteiger partial charge is 0.323 e. The lowest BCUT2D eigenvalue weighted by molar-refractivity contribution is -0.137. The van der Waals surface area contributed by atoms with Crippen molar-refractivity contribution in [3.63, 3.8) is 0 Å². The van der Waals surface area contributed by atoms with Crippen LogP contribution in [0.5, 0.6) is 0 Å². The van der Waals surface area contributed by atoms with Crippen molar-refractivity contribution in [1.29, 1.82) is 0 Å². The van der Waals surface area contributed by atoms with Gasteiger partial charge in [0.1, 0.15) is 5.82 Å². The van der Waals surface area contributed by atoms with Gasteiger partial charge in [-0.2, -0.15) is 13.2 Å². The van der Waals surface area contributed by atoms with Gasteiger partial charge in [-0.05, 0) is 25.2 Å². The fourth-order valence-electron chi connectivity index (χ4n) is 1.45. The molecule has 1 unspecified atom stereocenters. The van der Waals surface area contributed by atoms with Gasteiger partial charge in [0.25, 0.3) is 0 Å². The van der Waals surface area contributed by atoms with E-state index < -0.39 is 35.1 Å². The van der Waals surface area contributed by atoms with Gasteiger partial charge in [-0.1, -0.05) is 6.92 Å². The molecule has 1 amide bonds. The van der Waals surface area contributed by atoms with Gasteiger partial charge >= 0.3 is 6.18 Å². The largest absolute Gasteiger partial charge is 0.416 e. The van der Waals surface area contributed by atoms with E-state index in [-0.39, 0.29) is 0 Å². The lowest BCUT2D eigenvalue weighted by Crippen LogP contribution is -2.29. The molecular formula is C12H14F4N2O. The van der Waals surface area contributed by atoms with E-state index in [1.54, 1.807) is 14.0 Å². The average Bonchev–Trinajstić information content (AvgIpc) is 2.30. The number of alkyl halides is 3. The molecule has 3 nitrogen and oxygen atoms in total. The van der Waals surface area contributed by atoms with Gasteiger partial charge in [-0.3, -0.25) is 4.79 Å². The van der Waals surface area contributed by atoms with Gasteiger partial charge in [0.15, 0.2) is 0 Å². The van der Waals surface area contributed by atoms with Crippen LogP contribution in [0.25, 0.3) is 0 Å². The predicted molar refractivity (Wildman–Crippen MR) is 63.1 cm³/mol. The minimum Gasteiger partial charge on any atom is -0.323 e. The summed E-state index contributed by atoms with van der Waals surface area (Å²) in [7, 11) is 1.63. The van der Waals surface area contributed by atoms with Crippen LogP contribution in [0.4, 0.5) is 23.2 Å². The van der Waals surface area contributed by atoms with Crippen LogP contribution >= 0.6 is 0 Å². The number of hydrogen-bond acceptors (Lipinski definition) is 2. The molecule has 1 aromatic rings. The number of anilines is 1. The average molecular weight is 278 g/mol. The van der Waals surface area contributed by atoms with Crippen molar-refractivity contribution in [2.75, 3.05) is 18.9 Å². The number of amides is 1. The van der Waals surface area contributed by atoms with Gasteiger partial charge in [-0.15, -0.1) is 0 Å². The molecule has 0 fully saturated rings. The molecule has 0 saturated carbocycles. The third-order valence-corrected chi connectivity index (χ3v) is 2.51. The number of benzene rings is 1. The summed E-state index contributed by atoms with van der Waals surface area (Å²) in [5.41, 5.74) is -1.48. The predicted octanol–water partition coefficient (Wildman–Crippen LogP) is 2.64. The second-order valence-electron chi connectivity index (χ2n) is 4.14. The van der Waals surface area contributed by atoms with Crippen LogP contribution in [0.1, 0.15) is 12.5 Å². The van der Waals surface area contributed by atoms with E-state index in [2.05, 4.69) is 10.6 Å². The third-order valence-electron chi connectivity index (χ3n) is 2.51. The highest BCUT2D eigenvalue weighted by molar-refractivity contribution is 5.92. The zero-order valence-electron chi connectivity index (χ0n) is 10.4. The van der Waals surface area contributed by atoms with E-state index in [4.69, 9.17) is 0 Å². The summed E-state index contributed by atoms with van der Waals surface area (Å²) in [6.07, 6.45) is -4.58. The quantitative estimate of drug-likeness (QED) is 0.831. The fourth-order valence-corrected chi connectivity index (χ4v) is 1.45. The first-order valence-electron chi connectivity index (χ1n) is 5.58. The molecule has 0 radical (unpaired) electrons. The minimum atomic E-state index is -4.58. The van der Waals surface area contributed by atoms with Crippen molar-refractivity contribution >= 4 is 11.6 Å². The summed E-state index contributed by atoms with van der Waals surface area (Å²) in [6.45, 7) is 1.92. The molecule has 0 aromatic heterocycles. The first kappa shape index (κ1) is 15.4. The van der Waals surface area contributed by atoms with Crippen molar-refractivity contribution in [3.05, 3.63) is 29.6 Å². The van der Waals surface area contributed by atoms with E-state index in [0.717, 1.165) is 0 Å². The lowest BCUT2D eigenvalue weighted by atomic mass is 10.1. The summed E-state index contributed by atoms with van der Waals surface area (Å²) in [5, 5.41) is 4.90. The molecular weight excluding hydrogens is 264 g/mol. The molecule has 1 aromatic carbocycles. The first-order valence-corrected chi connectivity index (χ1v) is 5.58. The van der Waals surface area contributed by atoms with Crippen LogP contribution in [0, 0.1) is 11.7 Å². The Balaban J connectivity index is 2.92. The maximum absolute atomic E-state index is 13.4. The lowest BCUT2D eigenvalue weighted by Gasteiger charge is -2.14. The van der Waals surface area contributed by atoms with Crippen LogP contribution in [-0.2, 0) is 11.0 Å². The molecule has 1 rings (SSSR count). The summed E-state index contributed by atoms with van der Waals surface area (Å²) < 4.78 is 50.8. The summed E-state index contributed by atoms with van der Waals surface area (Å²) in [6, 6.07) is 1.89. The van der Waals surface area contributed by atoms with Gasteiger partial charge in [0.2, 0.25) is 5.91 Å². The first-order chi connectivity index (χ1) is 8.75. The van der Waals surface area contributed by atoms with Crippen LogP contribution in [-0.4, -0.2) is 19.5 Å². The Morgan fingerprint density at radius 3 is 2.53 bits per heavy atom. The summed E-state index contributed by atoms with van der Waals surface area (Å²) in [5.74, 6) is -1.94. The van der Waals surface area contributed by atoms with E-state index in [9.17, 15) is 22.4 Å². The molecule has 0 bridgehead atoms. The minimum absolute atomic E-state index is 0.340. The second-order valence-corrected chi connectivity index (χ2v) is 4.14. The van der Waals surface area contributed by atoms with Crippen LogP contribution in [0.15, 0.2) is 18.2 Å². The van der Waals surface area contributed by atoms with Crippen molar-refractivity contribution < 1.29 is 22.4 Å². The van der Waals surface area contributed by atoms with Crippen molar-refractivity contribution in [2.24, 2.45) is 5.92 Å². The number of carbonyl (C=O) groups is 1. The number of nitrogens with one attached hydrogen (secondary N) is 2. The van der Waals surface area contributed by atoms with E-state index in [1.165, 1.54) is 0 Å². The van der Waals surface area contributed by atoms with Crippen LogP contribution < -0.4 is 10.6 Å². The summed E-state index contributed by atoms with van der Waals surface area (Å²) in [4.78, 5) is 11.6. The zero-order valence-corrected chi connectivity index (χ0v) is 10.4. The second kappa shape index (κ2) is 6.01. The molecule has 0 aliphatic carbocycles. The Morgan fingerprint density at radius 2 is 2.00 bits per heavy atom. The Bertz CT molecular complexity index is 460. The molecule has 0 spiro atoms. The molecule has 19 heavy (non-hydrogen) atoms. The van der Waals surface area contributed by atoms with Gasteiger partial charge < -0.3 is 10.6 Å². The van der Waals surface area contributed by atoms with Gasteiger partial charge in [0, 0.05) is 12.5 Å². The standard InChI is InChI=1S/C12H14F4N2O/c1-7(6-17-2)11(19)18-10-5-8(12(14,15)16)3-4-9(10)13/h3-5,7,17H,6H2,1-2H3,(H,18,19). The number of hydrogen-bond donors (Lipinski definition) is 2. The van der Waals surface area contributed by atoms with Crippen molar-refractivity contribution in [2.45, 2.75) is 13.1 Å². The van der Waals surface area contributed by atoms with Gasteiger partial charge in [-0.25, -0.2) is 4.39 Å². The Labute approximate surface area is 108 Å². The molecule has 2 N–H and O–H groups in total. The molecule has 0 aliphatic heterocycles. The Morgan fingerprint density at radius 1 is 1.37 bits per heavy atom. The van der Waals surface area contributed by atoms with Gasteiger partial charge in [0.05, 0.1) is 11.3 Å². The topological polar surface area (TPSA) is 41.1 Å². The van der Waals surface area contributed by atoms with E-state index in [0.29, 0.717) is 24.7 Å². The summed E-state index contributed by atoms with van der Waals surface area (Å²) >= 11 is 0. The fraction of sp³-hybridized carbons (Fsp3) is 0.417. The molecule has 0 heterocycles. The number of carbonyl (C=O) groups excluding carboxylic acids is 1. The normalized spacial score (nSPS) is 13.2. The molecule has 7 heteroatoms. The van der Waals surface area contributed by atoms with E-state index >= 15 is 0 Å². The zero-order chi connectivity index (χ0) is 14.6. The Hall–Kier alpha value is -1.63. The maximum atomic E-state index is 13.4. The Kier molecular flexibility index (Phi) is 4.88. The van der Waals surface area contributed by atoms with Crippen LogP contribution in [0.2, 0.25) is 0 Å². The van der Waals surface area contributed by atoms with Crippen LogP contribution in [0.3, 0.4) is 0 Å². The number of halogens is 4. The van der Waals surface area contributed by atoms with Crippen molar-refractivity contribution in [3.8, 4) is 0 Å². The number of rotatable bonds is 4. The molecule has 0 saturated heterocycles. The SMILES string of the molecule is CNCC(C)C(=O)Nc1cc(C(F)(F)F)ccc1F. The highest BCUT2D eigenvalue weighted by Gasteiger charge is 2.31.